The number of carbonyl (C=O) groups excluding carboxylic acids is 1. The molecule has 0 aliphatic carbocycles. The Hall–Kier alpha value is -3.57. The zero-order chi connectivity index (χ0) is 22.1. The molecular formula is C21H18FN5O4S. The lowest BCUT2D eigenvalue weighted by molar-refractivity contribution is -0.117. The van der Waals surface area contributed by atoms with Gasteiger partial charge in [-0.25, -0.2) is 14.1 Å². The number of hydrogen-bond acceptors (Lipinski definition) is 8. The van der Waals surface area contributed by atoms with Gasteiger partial charge < -0.3 is 19.4 Å². The third kappa shape index (κ3) is 3.99. The predicted octanol–water partition coefficient (Wildman–Crippen LogP) is 2.73. The van der Waals surface area contributed by atoms with Crippen LogP contribution in [0.5, 0.6) is 0 Å². The van der Waals surface area contributed by atoms with Gasteiger partial charge in [-0.15, -0.1) is 0 Å². The third-order valence-corrected chi connectivity index (χ3v) is 6.07. The second kappa shape index (κ2) is 8.52. The lowest BCUT2D eigenvalue weighted by atomic mass is 10.3. The maximum Gasteiger partial charge on any atom is 0.294 e. The second-order valence-corrected chi connectivity index (χ2v) is 8.09. The summed E-state index contributed by atoms with van der Waals surface area (Å²) >= 11 is 1.36. The average molecular weight is 455 g/mol. The smallest absolute Gasteiger partial charge is 0.294 e. The van der Waals surface area contributed by atoms with Crippen LogP contribution in [0, 0.1) is 5.82 Å². The van der Waals surface area contributed by atoms with Crippen LogP contribution in [0.4, 0.5) is 15.2 Å². The third-order valence-electron chi connectivity index (χ3n) is 4.95. The number of amides is 1. The highest BCUT2D eigenvalue weighted by Crippen LogP contribution is 2.34. The van der Waals surface area contributed by atoms with Crippen molar-refractivity contribution in [2.45, 2.75) is 6.54 Å². The van der Waals surface area contributed by atoms with Crippen molar-refractivity contribution in [3.63, 3.8) is 0 Å². The number of hydrogen-bond donors (Lipinski definition) is 1. The topological polar surface area (TPSA) is 102 Å². The molecular weight excluding hydrogens is 437 g/mol. The van der Waals surface area contributed by atoms with Crippen LogP contribution in [0.25, 0.3) is 21.7 Å². The van der Waals surface area contributed by atoms with Gasteiger partial charge in [-0.2, -0.15) is 5.10 Å². The van der Waals surface area contributed by atoms with E-state index in [9.17, 15) is 14.0 Å². The van der Waals surface area contributed by atoms with Gasteiger partial charge in [0.25, 0.3) is 5.56 Å². The van der Waals surface area contributed by atoms with Crippen molar-refractivity contribution >= 4 is 38.3 Å². The van der Waals surface area contributed by atoms with Crippen LogP contribution in [0.15, 0.2) is 51.9 Å². The SMILES string of the molecule is O=C(Cn1nc(-c2ccco2)c2sc(N3CCOCC3)nc2c1=O)Nc1ccc(F)cc1. The minimum absolute atomic E-state index is 0.229. The number of rotatable bonds is 5. The molecule has 1 aliphatic rings. The number of nitrogens with zero attached hydrogens (tertiary/aromatic N) is 4. The fourth-order valence-electron chi connectivity index (χ4n) is 3.39. The predicted molar refractivity (Wildman–Crippen MR) is 117 cm³/mol. The Morgan fingerprint density at radius 3 is 2.69 bits per heavy atom. The average Bonchev–Trinajstić information content (AvgIpc) is 3.49. The van der Waals surface area contributed by atoms with E-state index in [1.807, 2.05) is 0 Å². The maximum atomic E-state index is 13.1. The Labute approximate surface area is 185 Å². The molecule has 0 saturated carbocycles. The number of ether oxygens (including phenoxy) is 1. The highest BCUT2D eigenvalue weighted by Gasteiger charge is 2.23. The molecule has 0 unspecified atom stereocenters. The largest absolute Gasteiger partial charge is 0.463 e. The van der Waals surface area contributed by atoms with Gasteiger partial charge in [-0.1, -0.05) is 11.3 Å². The van der Waals surface area contributed by atoms with E-state index in [-0.39, 0.29) is 12.1 Å². The highest BCUT2D eigenvalue weighted by molar-refractivity contribution is 7.22. The van der Waals surface area contributed by atoms with Crippen molar-refractivity contribution in [1.82, 2.24) is 14.8 Å². The van der Waals surface area contributed by atoms with E-state index < -0.39 is 17.3 Å². The number of furan rings is 1. The molecule has 1 N–H and O–H groups in total. The molecule has 5 rings (SSSR count). The maximum absolute atomic E-state index is 13.1. The quantitative estimate of drug-likeness (QED) is 0.494. The number of carbonyl (C=O) groups is 1. The van der Waals surface area contributed by atoms with Gasteiger partial charge in [0.15, 0.2) is 16.4 Å². The van der Waals surface area contributed by atoms with Crippen molar-refractivity contribution < 1.29 is 18.3 Å². The van der Waals surface area contributed by atoms with Crippen LogP contribution in [0.1, 0.15) is 0 Å². The van der Waals surface area contributed by atoms with E-state index in [0.717, 1.165) is 4.68 Å². The Balaban J connectivity index is 1.52. The van der Waals surface area contributed by atoms with Gasteiger partial charge in [0.1, 0.15) is 18.1 Å². The van der Waals surface area contributed by atoms with Crippen molar-refractivity contribution in [2.75, 3.05) is 36.5 Å². The molecule has 1 saturated heterocycles. The number of aromatic nitrogens is 3. The van der Waals surface area contributed by atoms with E-state index in [4.69, 9.17) is 9.15 Å². The Bertz CT molecular complexity index is 1310. The summed E-state index contributed by atoms with van der Waals surface area (Å²) in [6.45, 7) is 2.21. The Morgan fingerprint density at radius 1 is 1.19 bits per heavy atom. The van der Waals surface area contributed by atoms with Crippen molar-refractivity contribution in [3.8, 4) is 11.5 Å². The second-order valence-electron chi connectivity index (χ2n) is 7.12. The fraction of sp³-hybridized carbons (Fsp3) is 0.238. The first-order valence-corrected chi connectivity index (χ1v) is 10.7. The fourth-order valence-corrected chi connectivity index (χ4v) is 4.49. The molecule has 0 spiro atoms. The molecule has 4 aromatic rings. The van der Waals surface area contributed by atoms with E-state index in [0.29, 0.717) is 53.3 Å². The normalized spacial score (nSPS) is 14.1. The number of fused-ring (bicyclic) bond motifs is 1. The van der Waals surface area contributed by atoms with E-state index in [1.54, 1.807) is 12.1 Å². The van der Waals surface area contributed by atoms with Crippen molar-refractivity contribution in [1.29, 1.82) is 0 Å². The molecule has 4 heterocycles. The number of nitrogens with one attached hydrogen (secondary N) is 1. The summed E-state index contributed by atoms with van der Waals surface area (Å²) in [5, 5.41) is 7.75. The summed E-state index contributed by atoms with van der Waals surface area (Å²) in [4.78, 5) is 32.3. The Morgan fingerprint density at radius 2 is 1.97 bits per heavy atom. The van der Waals surface area contributed by atoms with Crippen LogP contribution >= 0.6 is 11.3 Å². The minimum atomic E-state index is -0.473. The van der Waals surface area contributed by atoms with Crippen LogP contribution in [0.3, 0.4) is 0 Å². The van der Waals surface area contributed by atoms with E-state index >= 15 is 0 Å². The molecule has 1 aliphatic heterocycles. The number of benzene rings is 1. The first kappa shape index (κ1) is 20.3. The van der Waals surface area contributed by atoms with Gasteiger partial charge in [-0.3, -0.25) is 9.59 Å². The molecule has 164 valence electrons. The summed E-state index contributed by atoms with van der Waals surface area (Å²) in [6, 6.07) is 8.83. The summed E-state index contributed by atoms with van der Waals surface area (Å²) < 4.78 is 25.7. The standard InChI is InChI=1S/C21H18FN5O4S/c22-13-3-5-14(6-4-13)23-16(28)12-27-20(29)18-19(17(25-27)15-2-1-9-31-15)32-21(24-18)26-7-10-30-11-8-26/h1-6,9H,7-8,10-12H2,(H,23,28). The number of thiazole rings is 1. The van der Waals surface area contributed by atoms with Gasteiger partial charge in [0.2, 0.25) is 5.91 Å². The molecule has 32 heavy (non-hydrogen) atoms. The van der Waals surface area contributed by atoms with Gasteiger partial charge >= 0.3 is 0 Å². The van der Waals surface area contributed by atoms with Crippen LogP contribution in [-0.4, -0.2) is 47.0 Å². The molecule has 9 nitrogen and oxygen atoms in total. The molecule has 0 bridgehead atoms. The number of morpholine rings is 1. The first-order valence-electron chi connectivity index (χ1n) is 9.92. The van der Waals surface area contributed by atoms with Crippen molar-refractivity contribution in [3.05, 3.63) is 58.8 Å². The summed E-state index contributed by atoms with van der Waals surface area (Å²) in [6.07, 6.45) is 1.52. The summed E-state index contributed by atoms with van der Waals surface area (Å²) in [7, 11) is 0. The number of anilines is 2. The van der Waals surface area contributed by atoms with E-state index in [1.165, 1.54) is 41.9 Å². The summed E-state index contributed by atoms with van der Waals surface area (Å²) in [5.74, 6) is -0.409. The van der Waals surface area contributed by atoms with E-state index in [2.05, 4.69) is 20.3 Å². The molecule has 1 aromatic carbocycles. The highest BCUT2D eigenvalue weighted by atomic mass is 32.1. The molecule has 3 aromatic heterocycles. The monoisotopic (exact) mass is 455 g/mol. The Kier molecular flexibility index (Phi) is 5.41. The first-order chi connectivity index (χ1) is 15.6. The zero-order valence-electron chi connectivity index (χ0n) is 16.8. The van der Waals surface area contributed by atoms with Crippen LogP contribution in [0.2, 0.25) is 0 Å². The van der Waals surface area contributed by atoms with Gasteiger partial charge in [0.05, 0.1) is 24.2 Å². The molecule has 11 heteroatoms. The lowest BCUT2D eigenvalue weighted by Crippen LogP contribution is -2.36. The molecule has 0 atom stereocenters. The van der Waals surface area contributed by atoms with Crippen molar-refractivity contribution in [2.24, 2.45) is 0 Å². The van der Waals surface area contributed by atoms with Gasteiger partial charge in [-0.05, 0) is 36.4 Å². The zero-order valence-corrected chi connectivity index (χ0v) is 17.6. The molecule has 0 radical (unpaired) electrons. The van der Waals surface area contributed by atoms with Crippen LogP contribution < -0.4 is 15.8 Å². The molecule has 1 amide bonds. The van der Waals surface area contributed by atoms with Gasteiger partial charge in [0, 0.05) is 18.8 Å². The minimum Gasteiger partial charge on any atom is -0.463 e. The summed E-state index contributed by atoms with van der Waals surface area (Å²) in [5.41, 5.74) is 0.615. The van der Waals surface area contributed by atoms with Crippen LogP contribution in [-0.2, 0) is 16.1 Å². The number of halogens is 1. The lowest BCUT2D eigenvalue weighted by Gasteiger charge is -2.25. The molecule has 1 fully saturated rings.